The van der Waals surface area contributed by atoms with Crippen molar-refractivity contribution in [2.45, 2.75) is 6.42 Å². The first-order chi connectivity index (χ1) is 11.8. The Bertz CT molecular complexity index is 984. The lowest BCUT2D eigenvalue weighted by atomic mass is 10.0. The summed E-state index contributed by atoms with van der Waals surface area (Å²) in [4.78, 5) is 12.9. The van der Waals surface area contributed by atoms with Gasteiger partial charge in [-0.2, -0.15) is 0 Å². The van der Waals surface area contributed by atoms with Gasteiger partial charge in [0.05, 0.1) is 5.52 Å². The second-order valence-electron chi connectivity index (χ2n) is 5.85. The molecule has 0 saturated carbocycles. The summed E-state index contributed by atoms with van der Waals surface area (Å²) in [5, 5.41) is 1.00. The molecule has 0 amide bonds. The van der Waals surface area contributed by atoms with Crippen LogP contribution in [-0.2, 0) is 6.42 Å². The molecular weight excluding hydrogens is 294 g/mol. The van der Waals surface area contributed by atoms with Crippen molar-refractivity contribution < 1.29 is 4.79 Å². The van der Waals surface area contributed by atoms with E-state index in [4.69, 9.17) is 0 Å². The van der Waals surface area contributed by atoms with Crippen LogP contribution in [-0.4, -0.2) is 10.4 Å². The Morgan fingerprint density at radius 3 is 2.12 bits per heavy atom. The molecule has 0 atom stereocenters. The summed E-state index contributed by atoms with van der Waals surface area (Å²) in [6.07, 6.45) is 2.38. The van der Waals surface area contributed by atoms with Crippen molar-refractivity contribution in [3.63, 3.8) is 0 Å². The number of aromatic nitrogens is 1. The Balaban J connectivity index is 1.80. The average Bonchev–Trinajstić information content (AvgIpc) is 3.03. The maximum absolute atomic E-state index is 12.9. The Morgan fingerprint density at radius 2 is 1.38 bits per heavy atom. The highest BCUT2D eigenvalue weighted by Gasteiger charge is 2.15. The number of hydrogen-bond donors (Lipinski definition) is 0. The lowest BCUT2D eigenvalue weighted by Crippen LogP contribution is -2.02. The Morgan fingerprint density at radius 1 is 0.750 bits per heavy atom. The molecule has 0 aliphatic rings. The van der Waals surface area contributed by atoms with Crippen LogP contribution in [0.25, 0.3) is 16.6 Å². The van der Waals surface area contributed by atoms with Gasteiger partial charge in [0.2, 0.25) is 0 Å². The number of nitrogens with zero attached hydrogens (tertiary/aromatic N) is 1. The first-order valence-corrected chi connectivity index (χ1v) is 8.05. The van der Waals surface area contributed by atoms with Crippen molar-refractivity contribution in [1.29, 1.82) is 0 Å². The number of para-hydroxylation sites is 2. The van der Waals surface area contributed by atoms with Gasteiger partial charge in [0.15, 0.2) is 5.78 Å². The van der Waals surface area contributed by atoms with Crippen LogP contribution < -0.4 is 0 Å². The topological polar surface area (TPSA) is 22.0 Å². The van der Waals surface area contributed by atoms with E-state index in [1.807, 2.05) is 72.9 Å². The number of ketones is 1. The van der Waals surface area contributed by atoms with E-state index >= 15 is 0 Å². The van der Waals surface area contributed by atoms with E-state index in [1.165, 1.54) is 0 Å². The molecular formula is C22H17NO. The summed E-state index contributed by atoms with van der Waals surface area (Å²) in [6.45, 7) is 0. The number of hydrogen-bond acceptors (Lipinski definition) is 1. The lowest BCUT2D eigenvalue weighted by Gasteiger charge is -2.04. The number of benzene rings is 3. The molecule has 0 N–H and O–H groups in total. The van der Waals surface area contributed by atoms with Gasteiger partial charge in [-0.3, -0.25) is 4.79 Å². The molecule has 0 saturated heterocycles. The number of fused-ring (bicyclic) bond motifs is 1. The minimum Gasteiger partial charge on any atom is -0.316 e. The van der Waals surface area contributed by atoms with Crippen LogP contribution in [0.2, 0.25) is 0 Å². The second kappa shape index (κ2) is 6.17. The van der Waals surface area contributed by atoms with E-state index in [0.717, 1.165) is 27.7 Å². The van der Waals surface area contributed by atoms with Gasteiger partial charge in [-0.15, -0.1) is 0 Å². The molecule has 116 valence electrons. The highest BCUT2D eigenvalue weighted by molar-refractivity contribution is 6.09. The highest BCUT2D eigenvalue weighted by Crippen LogP contribution is 2.26. The van der Waals surface area contributed by atoms with Crippen LogP contribution in [0, 0.1) is 0 Å². The lowest BCUT2D eigenvalue weighted by molar-refractivity contribution is 0.0994. The maximum Gasteiger partial charge on any atom is 0.169 e. The van der Waals surface area contributed by atoms with Crippen LogP contribution in [0.1, 0.15) is 15.9 Å². The summed E-state index contributed by atoms with van der Waals surface area (Å²) in [5.74, 6) is 0.145. The average molecular weight is 311 g/mol. The van der Waals surface area contributed by atoms with Crippen LogP contribution in [0.4, 0.5) is 0 Å². The first-order valence-electron chi connectivity index (χ1n) is 8.05. The second-order valence-corrected chi connectivity index (χ2v) is 5.85. The molecule has 24 heavy (non-hydrogen) atoms. The molecule has 0 fully saturated rings. The van der Waals surface area contributed by atoms with E-state index in [-0.39, 0.29) is 5.78 Å². The molecule has 0 unspecified atom stereocenters. The zero-order valence-electron chi connectivity index (χ0n) is 13.2. The van der Waals surface area contributed by atoms with Crippen LogP contribution in [0.3, 0.4) is 0 Å². The van der Waals surface area contributed by atoms with Crippen molar-refractivity contribution in [2.75, 3.05) is 0 Å². The summed E-state index contributed by atoms with van der Waals surface area (Å²) >= 11 is 0. The highest BCUT2D eigenvalue weighted by atomic mass is 16.1. The summed E-state index contributed by atoms with van der Waals surface area (Å²) in [5.41, 5.74) is 3.94. The molecule has 0 radical (unpaired) electrons. The summed E-state index contributed by atoms with van der Waals surface area (Å²) in [6, 6.07) is 28.1. The third-order valence-electron chi connectivity index (χ3n) is 4.25. The van der Waals surface area contributed by atoms with Crippen molar-refractivity contribution in [3.8, 4) is 5.69 Å². The fourth-order valence-electron chi connectivity index (χ4n) is 3.08. The molecule has 0 spiro atoms. The molecule has 2 nitrogen and oxygen atoms in total. The van der Waals surface area contributed by atoms with Gasteiger partial charge in [0, 0.05) is 29.3 Å². The van der Waals surface area contributed by atoms with E-state index in [2.05, 4.69) is 22.8 Å². The SMILES string of the molecule is O=C(Cc1ccccc1)c1cn(-c2ccccc2)c2ccccc12. The van der Waals surface area contributed by atoms with Gasteiger partial charge in [0.25, 0.3) is 0 Å². The molecule has 1 heterocycles. The van der Waals surface area contributed by atoms with Gasteiger partial charge in [-0.25, -0.2) is 0 Å². The maximum atomic E-state index is 12.9. The molecule has 4 aromatic rings. The van der Waals surface area contributed by atoms with Crippen molar-refractivity contribution in [1.82, 2.24) is 4.57 Å². The fourth-order valence-corrected chi connectivity index (χ4v) is 3.08. The van der Waals surface area contributed by atoms with E-state index < -0.39 is 0 Å². The standard InChI is InChI=1S/C22H17NO/c24-22(15-17-9-3-1-4-10-17)20-16-23(18-11-5-2-6-12-18)21-14-8-7-13-19(20)21/h1-14,16H,15H2. The Hall–Kier alpha value is -3.13. The van der Waals surface area contributed by atoms with E-state index in [0.29, 0.717) is 6.42 Å². The third-order valence-corrected chi connectivity index (χ3v) is 4.25. The number of Topliss-reactive ketones (excluding diaryl/α,β-unsaturated/α-hetero) is 1. The summed E-state index contributed by atoms with van der Waals surface area (Å²) in [7, 11) is 0. The predicted molar refractivity (Wildman–Crippen MR) is 97.8 cm³/mol. The van der Waals surface area contributed by atoms with Crippen LogP contribution in [0.15, 0.2) is 91.1 Å². The van der Waals surface area contributed by atoms with Crippen molar-refractivity contribution >= 4 is 16.7 Å². The normalized spacial score (nSPS) is 10.8. The minimum absolute atomic E-state index is 0.145. The molecule has 0 aliphatic heterocycles. The number of carbonyl (C=O) groups excluding carboxylic acids is 1. The fraction of sp³-hybridized carbons (Fsp3) is 0.0455. The van der Waals surface area contributed by atoms with Crippen molar-refractivity contribution in [2.24, 2.45) is 0 Å². The predicted octanol–water partition coefficient (Wildman–Crippen LogP) is 5.06. The van der Waals surface area contributed by atoms with Gasteiger partial charge in [0.1, 0.15) is 0 Å². The van der Waals surface area contributed by atoms with E-state index in [1.54, 1.807) is 0 Å². The molecule has 0 aliphatic carbocycles. The first kappa shape index (κ1) is 14.5. The minimum atomic E-state index is 0.145. The van der Waals surface area contributed by atoms with Crippen LogP contribution >= 0.6 is 0 Å². The third kappa shape index (κ3) is 2.63. The van der Waals surface area contributed by atoms with Crippen LogP contribution in [0.5, 0.6) is 0 Å². The van der Waals surface area contributed by atoms with Gasteiger partial charge < -0.3 is 4.57 Å². The molecule has 3 aromatic carbocycles. The molecule has 0 bridgehead atoms. The largest absolute Gasteiger partial charge is 0.316 e. The zero-order chi connectivity index (χ0) is 16.4. The molecule has 2 heteroatoms. The van der Waals surface area contributed by atoms with Gasteiger partial charge in [-0.1, -0.05) is 66.7 Å². The Labute approximate surface area is 141 Å². The molecule has 4 rings (SSSR count). The molecule has 1 aromatic heterocycles. The van der Waals surface area contributed by atoms with E-state index in [9.17, 15) is 4.79 Å². The van der Waals surface area contributed by atoms with Crippen molar-refractivity contribution in [3.05, 3.63) is 102 Å². The quantitative estimate of drug-likeness (QED) is 0.483. The Kier molecular flexibility index (Phi) is 3.72. The van der Waals surface area contributed by atoms with Gasteiger partial charge >= 0.3 is 0 Å². The van der Waals surface area contributed by atoms with Gasteiger partial charge in [-0.05, 0) is 23.8 Å². The monoisotopic (exact) mass is 311 g/mol. The smallest absolute Gasteiger partial charge is 0.169 e. The summed E-state index contributed by atoms with van der Waals surface area (Å²) < 4.78 is 2.09. The zero-order valence-corrected chi connectivity index (χ0v) is 13.2. The number of carbonyl (C=O) groups is 1. The number of rotatable bonds is 4.